The Morgan fingerprint density at radius 2 is 1.33 bits per heavy atom. The summed E-state index contributed by atoms with van der Waals surface area (Å²) in [4.78, 5) is 11.4. The summed E-state index contributed by atoms with van der Waals surface area (Å²) in [7, 11) is 0. The van der Waals surface area contributed by atoms with Crippen molar-refractivity contribution in [3.63, 3.8) is 0 Å². The molecule has 1 atom stereocenters. The molecule has 110 valence electrons. The predicted octanol–water partition coefficient (Wildman–Crippen LogP) is 2.92. The molecule has 2 aromatic rings. The number of rotatable bonds is 6. The molecule has 0 radical (unpaired) electrons. The molecule has 0 saturated heterocycles. The Bertz CT molecular complexity index is 534. The molecular weight excluding hydrogens is 264 g/mol. The van der Waals surface area contributed by atoms with Crippen molar-refractivity contribution in [3.05, 3.63) is 71.8 Å². The zero-order chi connectivity index (χ0) is 15.3. The summed E-state index contributed by atoms with van der Waals surface area (Å²) in [5.41, 5.74) is 0.297. The maximum atomic E-state index is 11.4. The van der Waals surface area contributed by atoms with E-state index in [0.29, 0.717) is 12.8 Å². The maximum Gasteiger partial charge on any atom is 0.335 e. The molecule has 0 aliphatic heterocycles. The molecule has 0 saturated carbocycles. The van der Waals surface area contributed by atoms with Crippen LogP contribution in [0.15, 0.2) is 60.7 Å². The molecule has 0 fully saturated rings. The van der Waals surface area contributed by atoms with Gasteiger partial charge in [0.1, 0.15) is 0 Å². The highest BCUT2D eigenvalue weighted by atomic mass is 16.4. The van der Waals surface area contributed by atoms with Crippen molar-refractivity contribution < 1.29 is 15.0 Å². The van der Waals surface area contributed by atoms with Crippen molar-refractivity contribution in [2.75, 3.05) is 0 Å². The number of benzene rings is 2. The van der Waals surface area contributed by atoms with E-state index in [-0.39, 0.29) is 5.92 Å². The Morgan fingerprint density at radius 1 is 0.952 bits per heavy atom. The molecule has 2 aromatic carbocycles. The van der Waals surface area contributed by atoms with Gasteiger partial charge in [0.05, 0.1) is 0 Å². The number of hydrogen-bond donors (Lipinski definition) is 2. The van der Waals surface area contributed by atoms with Gasteiger partial charge in [0.2, 0.25) is 0 Å². The van der Waals surface area contributed by atoms with E-state index in [2.05, 4.69) is 0 Å². The van der Waals surface area contributed by atoms with E-state index in [4.69, 9.17) is 0 Å². The molecule has 0 aromatic heterocycles. The fourth-order valence-corrected chi connectivity index (χ4v) is 2.44. The Morgan fingerprint density at radius 3 is 1.67 bits per heavy atom. The SMILES string of the molecule is CC(O)(C(=O)O)C(Cc1ccccc1)Cc1ccccc1. The molecule has 0 bridgehead atoms. The van der Waals surface area contributed by atoms with Gasteiger partial charge in [-0.1, -0.05) is 60.7 Å². The van der Waals surface area contributed by atoms with Crippen LogP contribution in [0.3, 0.4) is 0 Å². The van der Waals surface area contributed by atoms with Gasteiger partial charge in [-0.25, -0.2) is 4.79 Å². The Balaban J connectivity index is 2.24. The lowest BCUT2D eigenvalue weighted by Gasteiger charge is -2.29. The van der Waals surface area contributed by atoms with E-state index in [1.165, 1.54) is 6.92 Å². The Labute approximate surface area is 124 Å². The van der Waals surface area contributed by atoms with Crippen LogP contribution in [0, 0.1) is 5.92 Å². The van der Waals surface area contributed by atoms with Gasteiger partial charge in [-0.3, -0.25) is 0 Å². The van der Waals surface area contributed by atoms with Crippen LogP contribution in [-0.2, 0) is 17.6 Å². The van der Waals surface area contributed by atoms with Crippen molar-refractivity contribution in [2.24, 2.45) is 5.92 Å². The lowest BCUT2D eigenvalue weighted by molar-refractivity contribution is -0.162. The van der Waals surface area contributed by atoms with E-state index >= 15 is 0 Å². The summed E-state index contributed by atoms with van der Waals surface area (Å²) in [5, 5.41) is 19.7. The van der Waals surface area contributed by atoms with Gasteiger partial charge in [0.15, 0.2) is 5.60 Å². The quantitative estimate of drug-likeness (QED) is 0.857. The van der Waals surface area contributed by atoms with Gasteiger partial charge < -0.3 is 10.2 Å². The largest absolute Gasteiger partial charge is 0.479 e. The smallest absolute Gasteiger partial charge is 0.335 e. The van der Waals surface area contributed by atoms with Crippen LogP contribution in [0.4, 0.5) is 0 Å². The number of carboxylic acid groups (broad SMARTS) is 1. The van der Waals surface area contributed by atoms with Crippen LogP contribution < -0.4 is 0 Å². The molecule has 3 heteroatoms. The molecule has 1 unspecified atom stereocenters. The van der Waals surface area contributed by atoms with Crippen molar-refractivity contribution in [2.45, 2.75) is 25.4 Å². The van der Waals surface area contributed by atoms with Crippen molar-refractivity contribution in [1.82, 2.24) is 0 Å². The standard InChI is InChI=1S/C18H20O3/c1-18(21,17(19)20)16(12-14-8-4-2-5-9-14)13-15-10-6-3-7-11-15/h2-11,16,21H,12-13H2,1H3,(H,19,20). The maximum absolute atomic E-state index is 11.4. The predicted molar refractivity (Wildman–Crippen MR) is 82.0 cm³/mol. The number of carboxylic acids is 1. The normalized spacial score (nSPS) is 13.9. The third kappa shape index (κ3) is 3.92. The fraction of sp³-hybridized carbons (Fsp3) is 0.278. The van der Waals surface area contributed by atoms with Crippen LogP contribution >= 0.6 is 0 Å². The minimum atomic E-state index is -1.76. The second kappa shape index (κ2) is 6.55. The third-order valence-corrected chi connectivity index (χ3v) is 3.88. The highest BCUT2D eigenvalue weighted by molar-refractivity contribution is 5.77. The zero-order valence-corrected chi connectivity index (χ0v) is 12.1. The van der Waals surface area contributed by atoms with Crippen LogP contribution in [0.1, 0.15) is 18.1 Å². The Hall–Kier alpha value is -2.13. The molecule has 0 aliphatic rings. The summed E-state index contributed by atoms with van der Waals surface area (Å²) in [6, 6.07) is 19.3. The summed E-state index contributed by atoms with van der Waals surface area (Å²) < 4.78 is 0. The van der Waals surface area contributed by atoms with Crippen molar-refractivity contribution >= 4 is 5.97 Å². The van der Waals surface area contributed by atoms with E-state index in [1.54, 1.807) is 0 Å². The molecule has 0 spiro atoms. The van der Waals surface area contributed by atoms with Gasteiger partial charge >= 0.3 is 5.97 Å². The summed E-state index contributed by atoms with van der Waals surface area (Å²) >= 11 is 0. The fourth-order valence-electron chi connectivity index (χ4n) is 2.44. The van der Waals surface area contributed by atoms with Gasteiger partial charge in [-0.2, -0.15) is 0 Å². The number of aliphatic carboxylic acids is 1. The first-order chi connectivity index (χ1) is 10.00. The average molecular weight is 284 g/mol. The number of hydrogen-bond acceptors (Lipinski definition) is 2. The third-order valence-electron chi connectivity index (χ3n) is 3.88. The minimum absolute atomic E-state index is 0.389. The second-order valence-corrected chi connectivity index (χ2v) is 5.53. The zero-order valence-electron chi connectivity index (χ0n) is 12.1. The monoisotopic (exact) mass is 284 g/mol. The summed E-state index contributed by atoms with van der Waals surface area (Å²) in [6.45, 7) is 1.38. The molecule has 0 aliphatic carbocycles. The minimum Gasteiger partial charge on any atom is -0.479 e. The van der Waals surface area contributed by atoms with E-state index in [1.807, 2.05) is 60.7 Å². The van der Waals surface area contributed by atoms with E-state index in [0.717, 1.165) is 11.1 Å². The molecule has 2 N–H and O–H groups in total. The Kier molecular flexibility index (Phi) is 4.76. The first kappa shape index (κ1) is 15.3. The second-order valence-electron chi connectivity index (χ2n) is 5.53. The van der Waals surface area contributed by atoms with Crippen LogP contribution in [0.2, 0.25) is 0 Å². The molecule has 2 rings (SSSR count). The lowest BCUT2D eigenvalue weighted by Crippen LogP contribution is -2.45. The van der Waals surface area contributed by atoms with Gasteiger partial charge in [-0.05, 0) is 30.9 Å². The molecule has 0 amide bonds. The highest BCUT2D eigenvalue weighted by Crippen LogP contribution is 2.26. The van der Waals surface area contributed by atoms with Crippen LogP contribution in [0.25, 0.3) is 0 Å². The summed E-state index contributed by atoms with van der Waals surface area (Å²) in [6.07, 6.45) is 1.05. The van der Waals surface area contributed by atoms with Crippen molar-refractivity contribution in [1.29, 1.82) is 0 Å². The first-order valence-electron chi connectivity index (χ1n) is 7.03. The summed E-state index contributed by atoms with van der Waals surface area (Å²) in [5.74, 6) is -1.57. The number of carbonyl (C=O) groups is 1. The topological polar surface area (TPSA) is 57.5 Å². The average Bonchev–Trinajstić information content (AvgIpc) is 2.48. The van der Waals surface area contributed by atoms with Gasteiger partial charge in [0, 0.05) is 5.92 Å². The molecule has 21 heavy (non-hydrogen) atoms. The molecular formula is C18H20O3. The van der Waals surface area contributed by atoms with E-state index < -0.39 is 11.6 Å². The van der Waals surface area contributed by atoms with Crippen LogP contribution in [0.5, 0.6) is 0 Å². The van der Waals surface area contributed by atoms with Gasteiger partial charge in [-0.15, -0.1) is 0 Å². The van der Waals surface area contributed by atoms with Crippen LogP contribution in [-0.4, -0.2) is 21.8 Å². The van der Waals surface area contributed by atoms with Gasteiger partial charge in [0.25, 0.3) is 0 Å². The first-order valence-corrected chi connectivity index (χ1v) is 7.03. The lowest BCUT2D eigenvalue weighted by atomic mass is 9.80. The molecule has 3 nitrogen and oxygen atoms in total. The van der Waals surface area contributed by atoms with E-state index in [9.17, 15) is 15.0 Å². The number of aliphatic hydroxyl groups is 1. The van der Waals surface area contributed by atoms with Crippen molar-refractivity contribution in [3.8, 4) is 0 Å². The molecule has 0 heterocycles. The highest BCUT2D eigenvalue weighted by Gasteiger charge is 2.39.